The van der Waals surface area contributed by atoms with Gasteiger partial charge in [0.25, 0.3) is 0 Å². The molecule has 1 N–H and O–H groups in total. The smallest absolute Gasteiger partial charge is 0.170 e. The Hall–Kier alpha value is -1.78. The number of benzene rings is 1. The van der Waals surface area contributed by atoms with Crippen LogP contribution in [0.2, 0.25) is 0 Å². The number of nitrogens with one attached hydrogen (secondary N) is 1. The van der Waals surface area contributed by atoms with Crippen LogP contribution in [0.1, 0.15) is 18.2 Å². The molecule has 0 aliphatic heterocycles. The maximum absolute atomic E-state index is 13.9. The fraction of sp³-hybridized carbons (Fsp3) is 0.308. The minimum absolute atomic E-state index is 0.127. The molecule has 0 amide bonds. The van der Waals surface area contributed by atoms with E-state index in [0.717, 1.165) is 0 Å². The lowest BCUT2D eigenvalue weighted by Crippen LogP contribution is -2.06. The van der Waals surface area contributed by atoms with Crippen molar-refractivity contribution in [1.29, 1.82) is 0 Å². The van der Waals surface area contributed by atoms with E-state index in [0.29, 0.717) is 29.6 Å². The second-order valence-electron chi connectivity index (χ2n) is 4.11. The Kier molecular flexibility index (Phi) is 3.15. The first-order valence-electron chi connectivity index (χ1n) is 5.65. The lowest BCUT2D eigenvalue weighted by Gasteiger charge is -2.14. The largest absolute Gasteiger partial charge is 0.384 e. The zero-order chi connectivity index (χ0) is 13.4. The molecule has 0 bridgehead atoms. The number of nitrogens with zero attached hydrogens (tertiary/aromatic N) is 1. The van der Waals surface area contributed by atoms with E-state index in [4.69, 9.17) is 0 Å². The lowest BCUT2D eigenvalue weighted by atomic mass is 10.1. The minimum atomic E-state index is -1.20. The Morgan fingerprint density at radius 2 is 1.83 bits per heavy atom. The van der Waals surface area contributed by atoms with Gasteiger partial charge in [0.05, 0.1) is 11.1 Å². The quantitative estimate of drug-likeness (QED) is 0.826. The molecular weight excluding hydrogens is 241 g/mol. The van der Waals surface area contributed by atoms with E-state index in [1.165, 1.54) is 0 Å². The van der Waals surface area contributed by atoms with Crippen LogP contribution in [-0.4, -0.2) is 11.5 Å². The molecule has 0 fully saturated rings. The van der Waals surface area contributed by atoms with Crippen LogP contribution in [-0.2, 0) is 0 Å². The fourth-order valence-electron chi connectivity index (χ4n) is 1.94. The number of anilines is 1. The van der Waals surface area contributed by atoms with Gasteiger partial charge >= 0.3 is 0 Å². The first-order valence-corrected chi connectivity index (χ1v) is 5.65. The predicted octanol–water partition coefficient (Wildman–Crippen LogP) is 3.70. The fourth-order valence-corrected chi connectivity index (χ4v) is 1.94. The molecular formula is C13H13F3N2. The summed E-state index contributed by atoms with van der Waals surface area (Å²) < 4.78 is 40.8. The number of fused-ring (bicyclic) bond motifs is 1. The molecule has 1 heterocycles. The van der Waals surface area contributed by atoms with E-state index >= 15 is 0 Å². The van der Waals surface area contributed by atoms with Gasteiger partial charge in [-0.05, 0) is 26.3 Å². The van der Waals surface area contributed by atoms with E-state index in [9.17, 15) is 13.2 Å². The van der Waals surface area contributed by atoms with Gasteiger partial charge in [0.2, 0.25) is 0 Å². The summed E-state index contributed by atoms with van der Waals surface area (Å²) >= 11 is 0. The Morgan fingerprint density at radius 1 is 1.17 bits per heavy atom. The number of hydrogen-bond acceptors (Lipinski definition) is 2. The van der Waals surface area contributed by atoms with E-state index < -0.39 is 17.5 Å². The molecule has 18 heavy (non-hydrogen) atoms. The maximum atomic E-state index is 13.9. The number of halogens is 3. The van der Waals surface area contributed by atoms with Gasteiger partial charge in [-0.2, -0.15) is 0 Å². The monoisotopic (exact) mass is 254 g/mol. The summed E-state index contributed by atoms with van der Waals surface area (Å²) in [5.74, 6) is -3.13. The molecule has 0 radical (unpaired) electrons. The Balaban J connectivity index is 2.97. The number of rotatable bonds is 2. The molecule has 1 aromatic heterocycles. The molecule has 96 valence electrons. The molecule has 0 unspecified atom stereocenters. The van der Waals surface area contributed by atoms with Crippen molar-refractivity contribution in [2.75, 3.05) is 11.9 Å². The van der Waals surface area contributed by atoms with E-state index in [2.05, 4.69) is 10.3 Å². The Bertz CT molecular complexity index is 624. The minimum Gasteiger partial charge on any atom is -0.384 e. The highest BCUT2D eigenvalue weighted by molar-refractivity contribution is 5.94. The van der Waals surface area contributed by atoms with Gasteiger partial charge in [-0.1, -0.05) is 0 Å². The first kappa shape index (κ1) is 12.7. The van der Waals surface area contributed by atoms with Gasteiger partial charge in [0.1, 0.15) is 5.52 Å². The van der Waals surface area contributed by atoms with E-state index in [1.54, 1.807) is 13.8 Å². The summed E-state index contributed by atoms with van der Waals surface area (Å²) in [6, 6.07) is 0.523. The predicted molar refractivity (Wildman–Crippen MR) is 65.3 cm³/mol. The van der Waals surface area contributed by atoms with Crippen molar-refractivity contribution in [3.8, 4) is 0 Å². The number of hydrogen-bond donors (Lipinski definition) is 1. The summed E-state index contributed by atoms with van der Waals surface area (Å²) in [6.07, 6.45) is 0. The molecule has 0 saturated heterocycles. The van der Waals surface area contributed by atoms with Gasteiger partial charge in [-0.25, -0.2) is 18.2 Å². The van der Waals surface area contributed by atoms with Crippen LogP contribution in [0.15, 0.2) is 6.07 Å². The van der Waals surface area contributed by atoms with Crippen LogP contribution in [0, 0.1) is 31.3 Å². The van der Waals surface area contributed by atoms with Crippen LogP contribution in [0.4, 0.5) is 18.9 Å². The average Bonchev–Trinajstić information content (AvgIpc) is 2.32. The third kappa shape index (κ3) is 1.79. The summed E-state index contributed by atoms with van der Waals surface area (Å²) in [5.41, 5.74) is 1.53. The SMILES string of the molecule is CCNc1c(C)c(C)nc2c(F)cc(F)c(F)c12. The molecule has 2 rings (SSSR count). The van der Waals surface area contributed by atoms with Crippen molar-refractivity contribution in [2.24, 2.45) is 0 Å². The Morgan fingerprint density at radius 3 is 2.44 bits per heavy atom. The highest BCUT2D eigenvalue weighted by Crippen LogP contribution is 2.32. The Labute approximate surface area is 103 Å². The molecule has 5 heteroatoms. The van der Waals surface area contributed by atoms with Crippen LogP contribution in [0.25, 0.3) is 10.9 Å². The first-order chi connectivity index (χ1) is 8.47. The zero-order valence-electron chi connectivity index (χ0n) is 10.4. The van der Waals surface area contributed by atoms with Crippen LogP contribution in [0.5, 0.6) is 0 Å². The summed E-state index contributed by atoms with van der Waals surface area (Å²) in [6.45, 7) is 5.80. The van der Waals surface area contributed by atoms with Gasteiger partial charge < -0.3 is 5.32 Å². The standard InChI is InChI=1S/C13H13F3N2/c1-4-17-12-6(2)7(3)18-13-9(15)5-8(14)11(16)10(12)13/h5H,4H2,1-3H3,(H,17,18). The third-order valence-corrected chi connectivity index (χ3v) is 2.95. The van der Waals surface area contributed by atoms with Crippen LogP contribution < -0.4 is 5.32 Å². The van der Waals surface area contributed by atoms with Crippen molar-refractivity contribution >= 4 is 16.6 Å². The van der Waals surface area contributed by atoms with Crippen molar-refractivity contribution in [1.82, 2.24) is 4.98 Å². The average molecular weight is 254 g/mol. The topological polar surface area (TPSA) is 24.9 Å². The molecule has 0 aliphatic carbocycles. The summed E-state index contributed by atoms with van der Waals surface area (Å²) in [5, 5.41) is 2.81. The van der Waals surface area contributed by atoms with Gasteiger partial charge in [-0.3, -0.25) is 0 Å². The number of aryl methyl sites for hydroxylation is 1. The zero-order valence-corrected chi connectivity index (χ0v) is 10.4. The highest BCUT2D eigenvalue weighted by Gasteiger charge is 2.19. The molecule has 1 aromatic carbocycles. The van der Waals surface area contributed by atoms with Crippen molar-refractivity contribution in [3.05, 3.63) is 34.8 Å². The second kappa shape index (κ2) is 4.48. The van der Waals surface area contributed by atoms with E-state index in [1.807, 2.05) is 6.92 Å². The summed E-state index contributed by atoms with van der Waals surface area (Å²) in [4.78, 5) is 4.00. The van der Waals surface area contributed by atoms with Crippen LogP contribution >= 0.6 is 0 Å². The molecule has 0 aliphatic rings. The molecule has 2 nitrogen and oxygen atoms in total. The number of pyridine rings is 1. The molecule has 0 saturated carbocycles. The van der Waals surface area contributed by atoms with Gasteiger partial charge in [-0.15, -0.1) is 0 Å². The summed E-state index contributed by atoms with van der Waals surface area (Å²) in [7, 11) is 0. The number of aromatic nitrogens is 1. The van der Waals surface area contributed by atoms with Crippen molar-refractivity contribution < 1.29 is 13.2 Å². The maximum Gasteiger partial charge on any atom is 0.170 e. The normalized spacial score (nSPS) is 11.0. The van der Waals surface area contributed by atoms with Crippen molar-refractivity contribution in [2.45, 2.75) is 20.8 Å². The van der Waals surface area contributed by atoms with Crippen LogP contribution in [0.3, 0.4) is 0 Å². The molecule has 2 aromatic rings. The molecule has 0 spiro atoms. The third-order valence-electron chi connectivity index (χ3n) is 2.95. The van der Waals surface area contributed by atoms with Gasteiger partial charge in [0.15, 0.2) is 17.5 Å². The lowest BCUT2D eigenvalue weighted by molar-refractivity contribution is 0.505. The van der Waals surface area contributed by atoms with E-state index in [-0.39, 0.29) is 10.9 Å². The second-order valence-corrected chi connectivity index (χ2v) is 4.11. The van der Waals surface area contributed by atoms with Gasteiger partial charge in [0, 0.05) is 18.3 Å². The van der Waals surface area contributed by atoms with Crippen molar-refractivity contribution in [3.63, 3.8) is 0 Å². The molecule has 0 atom stereocenters. The highest BCUT2D eigenvalue weighted by atomic mass is 19.2.